The van der Waals surface area contributed by atoms with Crippen molar-refractivity contribution in [2.24, 2.45) is 0 Å². The third-order valence-corrected chi connectivity index (χ3v) is 4.75. The molecule has 0 aromatic heterocycles. The molecule has 1 aliphatic rings. The molecule has 0 saturated heterocycles. The average Bonchev–Trinajstić information content (AvgIpc) is 2.61. The Bertz CT molecular complexity index is 653. The molecule has 0 bridgehead atoms. The summed E-state index contributed by atoms with van der Waals surface area (Å²) in [7, 11) is 0. The third kappa shape index (κ3) is 5.77. The normalized spacial score (nSPS) is 28.1. The lowest BCUT2D eigenvalue weighted by Crippen LogP contribution is -2.61. The number of halogens is 1. The van der Waals surface area contributed by atoms with Crippen LogP contribution in [0.4, 0.5) is 0 Å². The first kappa shape index (κ1) is 21.9. The largest absolute Gasteiger partial charge is 0.390 e. The Morgan fingerprint density at radius 1 is 1.44 bits per heavy atom. The van der Waals surface area contributed by atoms with Gasteiger partial charge in [-0.15, -0.1) is 6.58 Å². The Hall–Kier alpha value is -1.44. The topological polar surface area (TPSA) is 88.0 Å². The van der Waals surface area contributed by atoms with E-state index in [1.807, 2.05) is 19.9 Å². The zero-order valence-corrected chi connectivity index (χ0v) is 16.5. The molecule has 7 heteroatoms. The zero-order valence-electron chi connectivity index (χ0n) is 15.7. The van der Waals surface area contributed by atoms with Gasteiger partial charge in [0.1, 0.15) is 6.10 Å². The maximum atomic E-state index is 13.0. The van der Waals surface area contributed by atoms with Gasteiger partial charge in [-0.25, -0.2) is 0 Å². The molecule has 4 atom stereocenters. The predicted molar refractivity (Wildman–Crippen MR) is 103 cm³/mol. The highest BCUT2D eigenvalue weighted by atomic mass is 35.5. The van der Waals surface area contributed by atoms with Gasteiger partial charge in [0.25, 0.3) is 5.91 Å². The van der Waals surface area contributed by atoms with Gasteiger partial charge < -0.3 is 25.0 Å². The lowest BCUT2D eigenvalue weighted by atomic mass is 9.78. The lowest BCUT2D eigenvalue weighted by Gasteiger charge is -2.44. The van der Waals surface area contributed by atoms with Crippen molar-refractivity contribution >= 4 is 17.5 Å². The molecule has 1 fully saturated rings. The van der Waals surface area contributed by atoms with E-state index in [1.165, 1.54) is 0 Å². The number of benzene rings is 1. The molecule has 1 saturated carbocycles. The van der Waals surface area contributed by atoms with Crippen molar-refractivity contribution in [3.63, 3.8) is 0 Å². The molecule has 0 spiro atoms. The van der Waals surface area contributed by atoms with Gasteiger partial charge in [0, 0.05) is 23.9 Å². The Kier molecular flexibility index (Phi) is 7.82. The van der Waals surface area contributed by atoms with Crippen molar-refractivity contribution in [2.45, 2.75) is 63.3 Å². The standard InChI is InChI=1S/C20H28ClNO5/c1-4-8-26-17-11-20(10-16(23)18(17)24,19(25)22-13(2)3)27-12-14-6-5-7-15(21)9-14/h4-7,9,13,16-18,23-24H,1,8,10-12H2,2-3H3,(H,22,25)/t16-,17+,18-,20+/m1/s1. The number of nitrogens with one attached hydrogen (secondary N) is 1. The molecular formula is C20H28ClNO5. The highest BCUT2D eigenvalue weighted by Crippen LogP contribution is 2.35. The van der Waals surface area contributed by atoms with Crippen LogP contribution in [0.15, 0.2) is 36.9 Å². The van der Waals surface area contributed by atoms with Crippen LogP contribution >= 0.6 is 11.6 Å². The fourth-order valence-electron chi connectivity index (χ4n) is 3.20. The number of carbonyl (C=O) groups is 1. The van der Waals surface area contributed by atoms with E-state index < -0.39 is 23.9 Å². The second kappa shape index (κ2) is 9.66. The molecule has 1 aromatic rings. The van der Waals surface area contributed by atoms with Crippen molar-refractivity contribution in [3.8, 4) is 0 Å². The van der Waals surface area contributed by atoms with E-state index >= 15 is 0 Å². The quantitative estimate of drug-likeness (QED) is 0.585. The van der Waals surface area contributed by atoms with Crippen molar-refractivity contribution < 1.29 is 24.5 Å². The Labute approximate surface area is 165 Å². The highest BCUT2D eigenvalue weighted by molar-refractivity contribution is 6.30. The predicted octanol–water partition coefficient (Wildman–Crippen LogP) is 2.21. The molecular weight excluding hydrogens is 370 g/mol. The molecule has 1 amide bonds. The van der Waals surface area contributed by atoms with E-state index in [0.717, 1.165) is 5.56 Å². The van der Waals surface area contributed by atoms with E-state index in [-0.39, 0.29) is 38.0 Å². The third-order valence-electron chi connectivity index (χ3n) is 4.51. The van der Waals surface area contributed by atoms with Gasteiger partial charge in [-0.3, -0.25) is 4.79 Å². The van der Waals surface area contributed by atoms with Gasteiger partial charge in [0.15, 0.2) is 5.60 Å². The summed E-state index contributed by atoms with van der Waals surface area (Å²) in [5.74, 6) is -0.335. The van der Waals surface area contributed by atoms with Gasteiger partial charge in [-0.2, -0.15) is 0 Å². The number of aliphatic hydroxyl groups is 2. The van der Waals surface area contributed by atoms with Gasteiger partial charge in [-0.1, -0.05) is 29.8 Å². The number of amides is 1. The summed E-state index contributed by atoms with van der Waals surface area (Å²) in [4.78, 5) is 13.0. The highest BCUT2D eigenvalue weighted by Gasteiger charge is 2.51. The van der Waals surface area contributed by atoms with Crippen LogP contribution in [-0.4, -0.2) is 52.7 Å². The van der Waals surface area contributed by atoms with Crippen molar-refractivity contribution in [3.05, 3.63) is 47.5 Å². The maximum Gasteiger partial charge on any atom is 0.252 e. The van der Waals surface area contributed by atoms with E-state index in [0.29, 0.717) is 5.02 Å². The lowest BCUT2D eigenvalue weighted by molar-refractivity contribution is -0.196. The smallest absolute Gasteiger partial charge is 0.252 e. The van der Waals surface area contributed by atoms with Crippen LogP contribution in [-0.2, 0) is 20.9 Å². The van der Waals surface area contributed by atoms with Gasteiger partial charge in [0.2, 0.25) is 0 Å². The molecule has 1 aromatic carbocycles. The number of aliphatic hydroxyl groups excluding tert-OH is 2. The molecule has 27 heavy (non-hydrogen) atoms. The molecule has 6 nitrogen and oxygen atoms in total. The summed E-state index contributed by atoms with van der Waals surface area (Å²) in [6.07, 6.45) is -1.34. The van der Waals surface area contributed by atoms with Gasteiger partial charge in [-0.05, 0) is 31.5 Å². The number of hydrogen-bond donors (Lipinski definition) is 3. The van der Waals surface area contributed by atoms with E-state index in [2.05, 4.69) is 11.9 Å². The summed E-state index contributed by atoms with van der Waals surface area (Å²) < 4.78 is 11.6. The first-order valence-corrected chi connectivity index (χ1v) is 9.43. The Balaban J connectivity index is 2.25. The van der Waals surface area contributed by atoms with E-state index in [9.17, 15) is 15.0 Å². The fraction of sp³-hybridized carbons (Fsp3) is 0.550. The summed E-state index contributed by atoms with van der Waals surface area (Å²) >= 11 is 6.02. The van der Waals surface area contributed by atoms with Crippen LogP contribution in [0.3, 0.4) is 0 Å². The average molecular weight is 398 g/mol. The SMILES string of the molecule is C=CCO[C@H]1C[C@](OCc2cccc(Cl)c2)(C(=O)NC(C)C)C[C@@H](O)[C@H]1O. The number of rotatable bonds is 8. The number of ether oxygens (including phenoxy) is 2. The second-order valence-corrected chi connectivity index (χ2v) is 7.60. The molecule has 0 aliphatic heterocycles. The Morgan fingerprint density at radius 3 is 2.81 bits per heavy atom. The molecule has 3 N–H and O–H groups in total. The van der Waals surface area contributed by atoms with Gasteiger partial charge in [0.05, 0.1) is 25.4 Å². The van der Waals surface area contributed by atoms with Crippen LogP contribution in [0.5, 0.6) is 0 Å². The van der Waals surface area contributed by atoms with E-state index in [4.69, 9.17) is 21.1 Å². The summed E-state index contributed by atoms with van der Waals surface area (Å²) in [5.41, 5.74) is -0.514. The van der Waals surface area contributed by atoms with Crippen molar-refractivity contribution in [1.82, 2.24) is 5.32 Å². The molecule has 0 radical (unpaired) electrons. The minimum absolute atomic E-state index is 0.0266. The summed E-state index contributed by atoms with van der Waals surface area (Å²) in [6, 6.07) is 7.07. The van der Waals surface area contributed by atoms with Crippen LogP contribution < -0.4 is 5.32 Å². The van der Waals surface area contributed by atoms with Crippen LogP contribution in [0, 0.1) is 0 Å². The fourth-order valence-corrected chi connectivity index (χ4v) is 3.41. The first-order valence-electron chi connectivity index (χ1n) is 9.05. The summed E-state index contributed by atoms with van der Waals surface area (Å²) in [5, 5.41) is 24.1. The minimum Gasteiger partial charge on any atom is -0.390 e. The molecule has 1 aliphatic carbocycles. The molecule has 150 valence electrons. The molecule has 2 rings (SSSR count). The Morgan fingerprint density at radius 2 is 2.19 bits per heavy atom. The van der Waals surface area contributed by atoms with Crippen molar-refractivity contribution in [2.75, 3.05) is 6.61 Å². The minimum atomic E-state index is -1.32. The number of carbonyl (C=O) groups excluding carboxylic acids is 1. The van der Waals surface area contributed by atoms with Gasteiger partial charge >= 0.3 is 0 Å². The number of hydrogen-bond acceptors (Lipinski definition) is 5. The second-order valence-electron chi connectivity index (χ2n) is 7.17. The molecule has 0 unspecified atom stereocenters. The first-order chi connectivity index (χ1) is 12.8. The maximum absolute atomic E-state index is 13.0. The van der Waals surface area contributed by atoms with Crippen molar-refractivity contribution in [1.29, 1.82) is 0 Å². The summed E-state index contributed by atoms with van der Waals surface area (Å²) in [6.45, 7) is 7.63. The van der Waals surface area contributed by atoms with Crippen LogP contribution in [0.25, 0.3) is 0 Å². The van der Waals surface area contributed by atoms with E-state index in [1.54, 1.807) is 24.3 Å². The monoisotopic (exact) mass is 397 g/mol. The van der Waals surface area contributed by atoms with Crippen LogP contribution in [0.1, 0.15) is 32.3 Å². The van der Waals surface area contributed by atoms with Crippen LogP contribution in [0.2, 0.25) is 5.02 Å². The molecule has 0 heterocycles. The zero-order chi connectivity index (χ0) is 20.0.